The molecule has 1 N–H and O–H groups in total. The van der Waals surface area contributed by atoms with E-state index in [4.69, 9.17) is 4.74 Å². The van der Waals surface area contributed by atoms with Crippen molar-refractivity contribution < 1.29 is 4.74 Å². The monoisotopic (exact) mass is 289 g/mol. The Bertz CT molecular complexity index is 634. The van der Waals surface area contributed by atoms with E-state index in [1.807, 2.05) is 17.8 Å². The third kappa shape index (κ3) is 2.73. The first-order valence-electron chi connectivity index (χ1n) is 7.30. The third-order valence-corrected chi connectivity index (χ3v) is 3.85. The van der Waals surface area contributed by atoms with Gasteiger partial charge in [-0.3, -0.25) is 0 Å². The van der Waals surface area contributed by atoms with Gasteiger partial charge in [-0.1, -0.05) is 5.18 Å². The first kappa shape index (κ1) is 13.9. The second-order valence-electron chi connectivity index (χ2n) is 5.17. The van der Waals surface area contributed by atoms with Crippen LogP contribution in [0.4, 0.5) is 5.69 Å². The van der Waals surface area contributed by atoms with Crippen LogP contribution in [0.15, 0.2) is 17.6 Å². The van der Waals surface area contributed by atoms with Crippen molar-refractivity contribution in [2.75, 3.05) is 18.5 Å². The second kappa shape index (κ2) is 6.17. The number of hydrogen-bond acceptors (Lipinski definition) is 6. The van der Waals surface area contributed by atoms with Crippen LogP contribution < -0.4 is 5.32 Å². The van der Waals surface area contributed by atoms with Gasteiger partial charge in [0.05, 0.1) is 17.3 Å². The van der Waals surface area contributed by atoms with E-state index in [9.17, 15) is 4.91 Å². The fourth-order valence-corrected chi connectivity index (χ4v) is 2.71. The summed E-state index contributed by atoms with van der Waals surface area (Å²) in [5, 5.41) is 11.9. The minimum Gasteiger partial charge on any atom is -0.381 e. The molecule has 0 unspecified atom stereocenters. The van der Waals surface area contributed by atoms with Gasteiger partial charge in [0.25, 0.3) is 0 Å². The van der Waals surface area contributed by atoms with Gasteiger partial charge in [-0.25, -0.2) is 9.67 Å². The second-order valence-corrected chi connectivity index (χ2v) is 5.17. The van der Waals surface area contributed by atoms with Gasteiger partial charge in [-0.2, -0.15) is 10.0 Å². The topological polar surface area (TPSA) is 81.4 Å². The highest BCUT2D eigenvalue weighted by atomic mass is 16.5. The average molecular weight is 289 g/mol. The lowest BCUT2D eigenvalue weighted by Crippen LogP contribution is -2.28. The van der Waals surface area contributed by atoms with Crippen LogP contribution in [0.1, 0.15) is 25.3 Å². The quantitative estimate of drug-likeness (QED) is 0.854. The summed E-state index contributed by atoms with van der Waals surface area (Å²) in [7, 11) is 0. The van der Waals surface area contributed by atoms with Gasteiger partial charge in [-0.15, -0.1) is 0 Å². The summed E-state index contributed by atoms with van der Waals surface area (Å²) in [6.07, 6.45) is 5.44. The Labute approximate surface area is 122 Å². The van der Waals surface area contributed by atoms with E-state index in [0.29, 0.717) is 6.04 Å². The van der Waals surface area contributed by atoms with Crippen molar-refractivity contribution in [3.63, 3.8) is 0 Å². The highest BCUT2D eigenvalue weighted by Gasteiger charge is 2.18. The van der Waals surface area contributed by atoms with Crippen molar-refractivity contribution in [2.24, 2.45) is 5.18 Å². The maximum absolute atomic E-state index is 10.7. The molecule has 1 fully saturated rings. The summed E-state index contributed by atoms with van der Waals surface area (Å²) in [4.78, 5) is 15.1. The average Bonchev–Trinajstić information content (AvgIpc) is 2.94. The fourth-order valence-electron chi connectivity index (χ4n) is 2.71. The number of aryl methyl sites for hydroxylation is 1. The molecule has 7 nitrogen and oxygen atoms in total. The van der Waals surface area contributed by atoms with Crippen molar-refractivity contribution >= 4 is 16.7 Å². The highest BCUT2D eigenvalue weighted by molar-refractivity contribution is 5.90. The molecule has 0 spiro atoms. The molecule has 3 heterocycles. The Balaban J connectivity index is 2.00. The molecule has 0 atom stereocenters. The summed E-state index contributed by atoms with van der Waals surface area (Å²) in [5.74, 6) is 0. The van der Waals surface area contributed by atoms with Crippen LogP contribution in [-0.4, -0.2) is 34.0 Å². The largest absolute Gasteiger partial charge is 0.381 e. The number of fused-ring (bicyclic) bond motifs is 1. The normalized spacial score (nSPS) is 16.2. The predicted octanol–water partition coefficient (Wildman–Crippen LogP) is 2.31. The van der Waals surface area contributed by atoms with Gasteiger partial charge in [-0.05, 0) is 19.8 Å². The van der Waals surface area contributed by atoms with E-state index >= 15 is 0 Å². The molecule has 0 radical (unpaired) electrons. The van der Waals surface area contributed by atoms with E-state index in [-0.39, 0.29) is 6.54 Å². The zero-order chi connectivity index (χ0) is 14.7. The number of ether oxygens (including phenoxy) is 1. The van der Waals surface area contributed by atoms with Gasteiger partial charge in [0.15, 0.2) is 5.65 Å². The summed E-state index contributed by atoms with van der Waals surface area (Å²) in [5.41, 5.74) is 2.59. The van der Waals surface area contributed by atoms with Gasteiger partial charge < -0.3 is 10.1 Å². The van der Waals surface area contributed by atoms with Gasteiger partial charge in [0.1, 0.15) is 6.54 Å². The van der Waals surface area contributed by atoms with Gasteiger partial charge in [0, 0.05) is 37.6 Å². The Morgan fingerprint density at radius 2 is 2.24 bits per heavy atom. The van der Waals surface area contributed by atoms with Crippen LogP contribution in [0.2, 0.25) is 0 Å². The van der Waals surface area contributed by atoms with Crippen LogP contribution in [0.3, 0.4) is 0 Å². The lowest BCUT2D eigenvalue weighted by molar-refractivity contribution is 0.0904. The molecule has 0 bridgehead atoms. The molecule has 1 saturated heterocycles. The zero-order valence-corrected chi connectivity index (χ0v) is 12.1. The lowest BCUT2D eigenvalue weighted by Gasteiger charge is -2.25. The first-order chi connectivity index (χ1) is 10.3. The molecule has 1 aliphatic heterocycles. The Kier molecular flexibility index (Phi) is 4.10. The summed E-state index contributed by atoms with van der Waals surface area (Å²) in [6, 6.07) is 0.347. The molecule has 0 amide bonds. The summed E-state index contributed by atoms with van der Waals surface area (Å²) in [6.45, 7) is 4.44. The van der Waals surface area contributed by atoms with Crippen molar-refractivity contribution in [1.29, 1.82) is 0 Å². The molecule has 0 aliphatic carbocycles. The number of hydrogen-bond donors (Lipinski definition) is 1. The standard InChI is InChI=1S/C14H19N5O2/c1-2-19-14-12(9-16-19)13(10(7-15-14)8-17-20)18-11-3-5-21-6-4-11/h7,9,11H,2-6,8H2,1H3,(H,15,18). The molecule has 112 valence electrons. The number of nitroso groups, excluding NO2 is 1. The maximum atomic E-state index is 10.7. The smallest absolute Gasteiger partial charge is 0.159 e. The Morgan fingerprint density at radius 3 is 2.95 bits per heavy atom. The minimum absolute atomic E-state index is 0.117. The third-order valence-electron chi connectivity index (χ3n) is 3.85. The number of nitrogens with zero attached hydrogens (tertiary/aromatic N) is 4. The zero-order valence-electron chi connectivity index (χ0n) is 12.1. The SMILES string of the molecule is CCn1ncc2c(NC3CCOCC3)c(CN=O)cnc21. The summed E-state index contributed by atoms with van der Waals surface area (Å²) >= 11 is 0. The van der Waals surface area contributed by atoms with Crippen molar-refractivity contribution in [3.8, 4) is 0 Å². The molecule has 3 rings (SSSR count). The first-order valence-corrected chi connectivity index (χ1v) is 7.30. The van der Waals surface area contributed by atoms with Crippen LogP contribution in [0, 0.1) is 4.91 Å². The van der Waals surface area contributed by atoms with Crippen LogP contribution >= 0.6 is 0 Å². The molecule has 21 heavy (non-hydrogen) atoms. The number of anilines is 1. The molecular weight excluding hydrogens is 270 g/mol. The van der Waals surface area contributed by atoms with E-state index in [1.165, 1.54) is 0 Å². The van der Waals surface area contributed by atoms with E-state index < -0.39 is 0 Å². The predicted molar refractivity (Wildman–Crippen MR) is 80.2 cm³/mol. The van der Waals surface area contributed by atoms with Crippen LogP contribution in [0.25, 0.3) is 11.0 Å². The minimum atomic E-state index is 0.117. The molecule has 7 heteroatoms. The maximum Gasteiger partial charge on any atom is 0.159 e. The fraction of sp³-hybridized carbons (Fsp3) is 0.571. The van der Waals surface area contributed by atoms with Gasteiger partial charge in [0.2, 0.25) is 0 Å². The Morgan fingerprint density at radius 1 is 1.43 bits per heavy atom. The highest BCUT2D eigenvalue weighted by Crippen LogP contribution is 2.28. The summed E-state index contributed by atoms with van der Waals surface area (Å²) < 4.78 is 7.24. The number of pyridine rings is 1. The molecule has 2 aromatic heterocycles. The van der Waals surface area contributed by atoms with E-state index in [2.05, 4.69) is 20.6 Å². The Hall–Kier alpha value is -2.02. The molecule has 2 aromatic rings. The van der Waals surface area contributed by atoms with Crippen molar-refractivity contribution in [1.82, 2.24) is 14.8 Å². The number of rotatable bonds is 5. The van der Waals surface area contributed by atoms with Crippen molar-refractivity contribution in [3.05, 3.63) is 22.9 Å². The number of nitrogens with one attached hydrogen (secondary N) is 1. The van der Waals surface area contributed by atoms with Crippen LogP contribution in [0.5, 0.6) is 0 Å². The van der Waals surface area contributed by atoms with Crippen molar-refractivity contribution in [2.45, 2.75) is 38.9 Å². The van der Waals surface area contributed by atoms with Crippen LogP contribution in [-0.2, 0) is 17.8 Å². The number of aromatic nitrogens is 3. The molecule has 1 aliphatic rings. The molecule has 0 saturated carbocycles. The van der Waals surface area contributed by atoms with Gasteiger partial charge >= 0.3 is 0 Å². The molecular formula is C14H19N5O2. The van der Waals surface area contributed by atoms with E-state index in [0.717, 1.165) is 54.9 Å². The lowest BCUT2D eigenvalue weighted by atomic mass is 10.1. The molecule has 0 aromatic carbocycles. The van der Waals surface area contributed by atoms with E-state index in [1.54, 1.807) is 6.20 Å².